The van der Waals surface area contributed by atoms with Crippen molar-refractivity contribution in [3.63, 3.8) is 0 Å². The van der Waals surface area contributed by atoms with Gasteiger partial charge in [-0.2, -0.15) is 9.78 Å². The summed E-state index contributed by atoms with van der Waals surface area (Å²) in [4.78, 5) is 30.3. The van der Waals surface area contributed by atoms with Crippen molar-refractivity contribution in [2.75, 3.05) is 11.9 Å². The van der Waals surface area contributed by atoms with E-state index in [1.165, 1.54) is 4.68 Å². The summed E-state index contributed by atoms with van der Waals surface area (Å²) in [6.07, 6.45) is 1.64. The lowest BCUT2D eigenvalue weighted by molar-refractivity contribution is -0.118. The number of aromatic nitrogens is 2. The van der Waals surface area contributed by atoms with E-state index in [0.29, 0.717) is 22.5 Å². The van der Waals surface area contributed by atoms with Gasteiger partial charge < -0.3 is 10.1 Å². The molecule has 0 saturated carbocycles. The summed E-state index contributed by atoms with van der Waals surface area (Å²) in [6, 6.07) is 16.8. The second kappa shape index (κ2) is 12.0. The number of amides is 1. The molecule has 1 N–H and O–H groups in total. The van der Waals surface area contributed by atoms with Crippen LogP contribution in [0.3, 0.4) is 0 Å². The molecule has 10 heteroatoms. The van der Waals surface area contributed by atoms with Crippen molar-refractivity contribution in [3.8, 4) is 5.75 Å². The number of ether oxygens (including phenoxy) is 1. The van der Waals surface area contributed by atoms with E-state index in [2.05, 4.69) is 76.5 Å². The molecule has 190 valence electrons. The Labute approximate surface area is 250 Å². The summed E-state index contributed by atoms with van der Waals surface area (Å²) < 4.78 is 9.66. The number of carbonyl (C=O) groups is 1. The second-order valence-electron chi connectivity index (χ2n) is 8.61. The lowest BCUT2D eigenvalue weighted by Crippen LogP contribution is -2.23. The Morgan fingerprint density at radius 1 is 1.16 bits per heavy atom. The molecular weight excluding hydrogens is 762 g/mol. The van der Waals surface area contributed by atoms with Crippen molar-refractivity contribution < 1.29 is 9.53 Å². The van der Waals surface area contributed by atoms with Crippen molar-refractivity contribution in [2.24, 2.45) is 5.10 Å². The SMILES string of the molecule is Cc1ccccc1NC(=O)COc1c(I)cc(C=Nn2c(C(C)C)nc3ccc(Br)cc3c2=O)cc1I. The van der Waals surface area contributed by atoms with E-state index in [0.717, 1.165) is 28.4 Å². The standard InChI is InChI=1S/C27H23BrI2N4O3/c1-15(2)26-33-23-9-8-18(28)12-19(23)27(36)34(26)31-13-17-10-20(29)25(21(30)11-17)37-14-24(35)32-22-7-5-4-6-16(22)3/h4-13,15H,14H2,1-3H3,(H,32,35). The van der Waals surface area contributed by atoms with Crippen LogP contribution in [-0.2, 0) is 4.79 Å². The molecule has 0 radical (unpaired) electrons. The van der Waals surface area contributed by atoms with E-state index in [1.54, 1.807) is 12.3 Å². The molecule has 1 heterocycles. The Morgan fingerprint density at radius 3 is 2.54 bits per heavy atom. The predicted molar refractivity (Wildman–Crippen MR) is 168 cm³/mol. The summed E-state index contributed by atoms with van der Waals surface area (Å²) in [5, 5.41) is 7.87. The molecule has 7 nitrogen and oxygen atoms in total. The number of carbonyl (C=O) groups excluding carboxylic acids is 1. The van der Waals surface area contributed by atoms with Crippen LogP contribution in [0.5, 0.6) is 5.75 Å². The monoisotopic (exact) mass is 784 g/mol. The van der Waals surface area contributed by atoms with Gasteiger partial charge >= 0.3 is 0 Å². The third-order valence-corrected chi connectivity index (χ3v) is 7.56. The average molecular weight is 785 g/mol. The molecule has 3 aromatic carbocycles. The number of rotatable bonds is 7. The topological polar surface area (TPSA) is 85.6 Å². The lowest BCUT2D eigenvalue weighted by atomic mass is 10.2. The zero-order valence-corrected chi connectivity index (χ0v) is 26.2. The van der Waals surface area contributed by atoms with Gasteiger partial charge in [-0.3, -0.25) is 9.59 Å². The quantitative estimate of drug-likeness (QED) is 0.167. The van der Waals surface area contributed by atoms with E-state index in [9.17, 15) is 9.59 Å². The molecule has 0 saturated heterocycles. The molecule has 0 aliphatic rings. The van der Waals surface area contributed by atoms with E-state index in [4.69, 9.17) is 4.74 Å². The second-order valence-corrected chi connectivity index (χ2v) is 11.9. The van der Waals surface area contributed by atoms with Crippen LogP contribution in [0.4, 0.5) is 5.69 Å². The van der Waals surface area contributed by atoms with E-state index >= 15 is 0 Å². The van der Waals surface area contributed by atoms with Crippen LogP contribution < -0.4 is 15.6 Å². The number of fused-ring (bicyclic) bond motifs is 1. The number of benzene rings is 3. The molecule has 1 amide bonds. The highest BCUT2D eigenvalue weighted by atomic mass is 127. The first-order valence-corrected chi connectivity index (χ1v) is 14.3. The van der Waals surface area contributed by atoms with Crippen molar-refractivity contribution in [1.82, 2.24) is 9.66 Å². The third kappa shape index (κ3) is 6.58. The van der Waals surface area contributed by atoms with Crippen molar-refractivity contribution in [2.45, 2.75) is 26.7 Å². The highest BCUT2D eigenvalue weighted by molar-refractivity contribution is 14.1. The van der Waals surface area contributed by atoms with Crippen molar-refractivity contribution in [1.29, 1.82) is 0 Å². The van der Waals surface area contributed by atoms with Crippen molar-refractivity contribution >= 4 is 89.8 Å². The van der Waals surface area contributed by atoms with E-state index in [1.807, 2.05) is 69.3 Å². The van der Waals surface area contributed by atoms with Gasteiger partial charge in [0.25, 0.3) is 11.5 Å². The Balaban J connectivity index is 1.56. The fraction of sp³-hybridized carbons (Fsp3) is 0.185. The molecule has 0 spiro atoms. The van der Waals surface area contributed by atoms with Gasteiger partial charge in [-0.25, -0.2) is 4.98 Å². The van der Waals surface area contributed by atoms with Gasteiger partial charge in [0.15, 0.2) is 6.61 Å². The molecule has 0 atom stereocenters. The number of hydrogen-bond acceptors (Lipinski definition) is 5. The predicted octanol–water partition coefficient (Wildman–Crippen LogP) is 6.70. The summed E-state index contributed by atoms with van der Waals surface area (Å²) in [5.41, 5.74) is 2.95. The molecule has 0 fully saturated rings. The van der Waals surface area contributed by atoms with Gasteiger partial charge in [0.1, 0.15) is 11.6 Å². The van der Waals surface area contributed by atoms with Gasteiger partial charge in [-0.15, -0.1) is 0 Å². The Bertz CT molecular complexity index is 1560. The molecular formula is C27H23BrI2N4O3. The molecule has 37 heavy (non-hydrogen) atoms. The molecule has 0 aliphatic heterocycles. The Hall–Kier alpha value is -2.32. The summed E-state index contributed by atoms with van der Waals surface area (Å²) in [7, 11) is 0. The third-order valence-electron chi connectivity index (χ3n) is 5.46. The number of aryl methyl sites for hydroxylation is 1. The first kappa shape index (κ1) is 27.7. The molecule has 0 aliphatic carbocycles. The van der Waals surface area contributed by atoms with Gasteiger partial charge in [-0.1, -0.05) is 48.0 Å². The number of hydrogen-bond donors (Lipinski definition) is 1. The molecule has 4 aromatic rings. The van der Waals surface area contributed by atoms with Crippen LogP contribution in [-0.4, -0.2) is 28.4 Å². The zero-order valence-electron chi connectivity index (χ0n) is 20.3. The number of anilines is 1. The fourth-order valence-electron chi connectivity index (χ4n) is 3.60. The van der Waals surface area contributed by atoms with Gasteiger partial charge in [0.2, 0.25) is 0 Å². The maximum absolute atomic E-state index is 13.2. The molecule has 0 unspecified atom stereocenters. The van der Waals surface area contributed by atoms with Crippen LogP contribution in [0.1, 0.15) is 36.7 Å². The van der Waals surface area contributed by atoms with Crippen LogP contribution in [0.15, 0.2) is 69.0 Å². The van der Waals surface area contributed by atoms with Gasteiger partial charge in [0.05, 0.1) is 24.3 Å². The number of nitrogens with zero attached hydrogens (tertiary/aromatic N) is 3. The largest absolute Gasteiger partial charge is 0.482 e. The highest BCUT2D eigenvalue weighted by Gasteiger charge is 2.15. The summed E-state index contributed by atoms with van der Waals surface area (Å²) >= 11 is 7.77. The number of nitrogens with one attached hydrogen (secondary N) is 1. The van der Waals surface area contributed by atoms with Crippen LogP contribution in [0.25, 0.3) is 10.9 Å². The molecule has 4 rings (SSSR count). The smallest absolute Gasteiger partial charge is 0.282 e. The maximum Gasteiger partial charge on any atom is 0.282 e. The minimum Gasteiger partial charge on any atom is -0.482 e. The first-order chi connectivity index (χ1) is 17.6. The van der Waals surface area contributed by atoms with Crippen LogP contribution in [0, 0.1) is 14.1 Å². The Morgan fingerprint density at radius 2 is 1.86 bits per heavy atom. The van der Waals surface area contributed by atoms with Crippen molar-refractivity contribution in [3.05, 3.63) is 93.5 Å². The van der Waals surface area contributed by atoms with Gasteiger partial charge in [-0.05, 0) is 99.6 Å². The minimum atomic E-state index is -0.234. The van der Waals surface area contributed by atoms with E-state index < -0.39 is 0 Å². The molecule has 0 bridgehead atoms. The fourth-order valence-corrected chi connectivity index (χ4v) is 6.09. The minimum absolute atomic E-state index is 0.000218. The molecule has 1 aromatic heterocycles. The summed E-state index contributed by atoms with van der Waals surface area (Å²) in [6.45, 7) is 5.78. The summed E-state index contributed by atoms with van der Waals surface area (Å²) in [5.74, 6) is 0.970. The van der Waals surface area contributed by atoms with Crippen LogP contribution in [0.2, 0.25) is 0 Å². The first-order valence-electron chi connectivity index (χ1n) is 11.4. The number of para-hydroxylation sites is 1. The van der Waals surface area contributed by atoms with Crippen LogP contribution >= 0.6 is 61.1 Å². The van der Waals surface area contributed by atoms with Gasteiger partial charge in [0, 0.05) is 16.1 Å². The normalized spacial score (nSPS) is 11.4. The maximum atomic E-state index is 13.2. The number of halogens is 3. The highest BCUT2D eigenvalue weighted by Crippen LogP contribution is 2.29. The van der Waals surface area contributed by atoms with E-state index in [-0.39, 0.29) is 24.0 Å². The lowest BCUT2D eigenvalue weighted by Gasteiger charge is -2.13. The Kier molecular flexibility index (Phi) is 9.01. The zero-order chi connectivity index (χ0) is 26.7. The average Bonchev–Trinajstić information content (AvgIpc) is 2.84.